The number of thiocarbonyl (C=S) groups is 1. The Kier molecular flexibility index (Phi) is 3.86. The third-order valence-corrected chi connectivity index (χ3v) is 4.05. The number of halogens is 1. The van der Waals surface area contributed by atoms with Gasteiger partial charge in [-0.25, -0.2) is 4.68 Å². The van der Waals surface area contributed by atoms with Crippen LogP contribution in [-0.4, -0.2) is 14.8 Å². The van der Waals surface area contributed by atoms with E-state index in [1.165, 1.54) is 0 Å². The van der Waals surface area contributed by atoms with Crippen LogP contribution in [0.4, 0.5) is 0 Å². The highest BCUT2D eigenvalue weighted by molar-refractivity contribution is 9.10. The second-order valence-corrected chi connectivity index (χ2v) is 5.86. The van der Waals surface area contributed by atoms with Gasteiger partial charge in [0, 0.05) is 21.8 Å². The number of rotatable bonds is 3. The Balaban J connectivity index is 1.97. The highest BCUT2D eigenvalue weighted by atomic mass is 79.9. The Bertz CT molecular complexity index is 796. The van der Waals surface area contributed by atoms with E-state index in [2.05, 4.69) is 33.2 Å². The van der Waals surface area contributed by atoms with Gasteiger partial charge in [-0.05, 0) is 39.7 Å². The molecule has 0 fully saturated rings. The number of aromatic nitrogens is 2. The lowest BCUT2D eigenvalue weighted by Crippen LogP contribution is -2.10. The molecule has 0 spiro atoms. The van der Waals surface area contributed by atoms with Crippen LogP contribution in [-0.2, 0) is 0 Å². The molecule has 21 heavy (non-hydrogen) atoms. The normalized spacial score (nSPS) is 10.5. The lowest BCUT2D eigenvalue weighted by atomic mass is 10.1. The van der Waals surface area contributed by atoms with Gasteiger partial charge in [-0.3, -0.25) is 0 Å². The predicted molar refractivity (Wildman–Crippen MR) is 92.6 cm³/mol. The molecule has 0 aliphatic carbocycles. The predicted octanol–water partition coefficient (Wildman–Crippen LogP) is 3.94. The molecule has 0 atom stereocenters. The first-order valence-corrected chi connectivity index (χ1v) is 7.55. The summed E-state index contributed by atoms with van der Waals surface area (Å²) in [5, 5.41) is 4.41. The van der Waals surface area contributed by atoms with Gasteiger partial charge < -0.3 is 5.73 Å². The zero-order valence-corrected chi connectivity index (χ0v) is 13.4. The first-order chi connectivity index (χ1) is 10.1. The van der Waals surface area contributed by atoms with Gasteiger partial charge in [0.25, 0.3) is 0 Å². The van der Waals surface area contributed by atoms with Crippen molar-refractivity contribution in [3.8, 4) is 16.8 Å². The van der Waals surface area contributed by atoms with E-state index in [9.17, 15) is 0 Å². The summed E-state index contributed by atoms with van der Waals surface area (Å²) in [7, 11) is 0. The molecule has 2 N–H and O–H groups in total. The van der Waals surface area contributed by atoms with Crippen molar-refractivity contribution in [1.82, 2.24) is 9.78 Å². The molecule has 0 radical (unpaired) electrons. The van der Waals surface area contributed by atoms with Crippen LogP contribution in [0.1, 0.15) is 5.56 Å². The molecule has 3 rings (SSSR count). The van der Waals surface area contributed by atoms with Gasteiger partial charge in [0.05, 0.1) is 11.9 Å². The van der Waals surface area contributed by atoms with Crippen molar-refractivity contribution < 1.29 is 0 Å². The van der Waals surface area contributed by atoms with E-state index in [4.69, 9.17) is 18.0 Å². The van der Waals surface area contributed by atoms with Gasteiger partial charge in [-0.1, -0.05) is 42.5 Å². The minimum Gasteiger partial charge on any atom is -0.389 e. The van der Waals surface area contributed by atoms with Crippen LogP contribution in [0, 0.1) is 0 Å². The summed E-state index contributed by atoms with van der Waals surface area (Å²) in [6, 6.07) is 15.9. The Morgan fingerprint density at radius 3 is 2.52 bits per heavy atom. The van der Waals surface area contributed by atoms with Crippen molar-refractivity contribution in [2.24, 2.45) is 5.73 Å². The van der Waals surface area contributed by atoms with Gasteiger partial charge in [0.15, 0.2) is 0 Å². The van der Waals surface area contributed by atoms with E-state index in [0.29, 0.717) is 4.99 Å². The molecule has 104 valence electrons. The summed E-state index contributed by atoms with van der Waals surface area (Å²) in [6.07, 6.45) is 3.85. The third-order valence-electron chi connectivity index (χ3n) is 3.17. The van der Waals surface area contributed by atoms with Crippen molar-refractivity contribution in [3.63, 3.8) is 0 Å². The average Bonchev–Trinajstić information content (AvgIpc) is 2.97. The van der Waals surface area contributed by atoms with Crippen LogP contribution in [0.3, 0.4) is 0 Å². The SMILES string of the molecule is NC(=S)c1ccc(-n2cc(-c3ccccc3)cn2)cc1Br. The van der Waals surface area contributed by atoms with Crippen LogP contribution in [0.25, 0.3) is 16.8 Å². The minimum absolute atomic E-state index is 0.374. The summed E-state index contributed by atoms with van der Waals surface area (Å²) >= 11 is 8.49. The van der Waals surface area contributed by atoms with Crippen molar-refractivity contribution >= 4 is 33.1 Å². The molecule has 0 unspecified atom stereocenters. The van der Waals surface area contributed by atoms with Crippen LogP contribution in [0.2, 0.25) is 0 Å². The lowest BCUT2D eigenvalue weighted by Gasteiger charge is -2.06. The zero-order chi connectivity index (χ0) is 14.8. The number of hydrogen-bond acceptors (Lipinski definition) is 2. The van der Waals surface area contributed by atoms with Gasteiger partial charge in [0.2, 0.25) is 0 Å². The van der Waals surface area contributed by atoms with Crippen LogP contribution in [0.5, 0.6) is 0 Å². The molecule has 2 aromatic carbocycles. The molecule has 0 amide bonds. The van der Waals surface area contributed by atoms with Crippen molar-refractivity contribution in [2.75, 3.05) is 0 Å². The summed E-state index contributed by atoms with van der Waals surface area (Å²) in [4.78, 5) is 0.374. The summed E-state index contributed by atoms with van der Waals surface area (Å²) in [5.74, 6) is 0. The molecule has 1 aromatic heterocycles. The quantitative estimate of drug-likeness (QED) is 0.722. The van der Waals surface area contributed by atoms with Crippen molar-refractivity contribution in [3.05, 3.63) is 71.0 Å². The van der Waals surface area contributed by atoms with E-state index < -0.39 is 0 Å². The second kappa shape index (κ2) is 5.79. The van der Waals surface area contributed by atoms with Gasteiger partial charge in [0.1, 0.15) is 4.99 Å². The third kappa shape index (κ3) is 2.89. The standard InChI is InChI=1S/C16H12BrN3S/c17-15-8-13(6-7-14(15)16(18)21)20-10-12(9-19-20)11-4-2-1-3-5-11/h1-10H,(H2,18,21). The molecular weight excluding hydrogens is 346 g/mol. The van der Waals surface area contributed by atoms with Gasteiger partial charge >= 0.3 is 0 Å². The lowest BCUT2D eigenvalue weighted by molar-refractivity contribution is 0.880. The second-order valence-electron chi connectivity index (χ2n) is 4.57. The largest absolute Gasteiger partial charge is 0.389 e. The molecule has 0 saturated carbocycles. The van der Waals surface area contributed by atoms with E-state index >= 15 is 0 Å². The molecule has 3 aromatic rings. The number of nitrogens with two attached hydrogens (primary N) is 1. The van der Waals surface area contributed by atoms with E-state index in [1.54, 1.807) is 0 Å². The van der Waals surface area contributed by atoms with Crippen LogP contribution >= 0.6 is 28.1 Å². The molecule has 0 aliphatic rings. The average molecular weight is 358 g/mol. The Morgan fingerprint density at radius 1 is 1.10 bits per heavy atom. The highest BCUT2D eigenvalue weighted by Gasteiger charge is 2.07. The molecule has 1 heterocycles. The monoisotopic (exact) mass is 357 g/mol. The Morgan fingerprint density at radius 2 is 1.86 bits per heavy atom. The van der Waals surface area contributed by atoms with Crippen LogP contribution < -0.4 is 5.73 Å². The zero-order valence-electron chi connectivity index (χ0n) is 11.0. The maximum absolute atomic E-state index is 5.66. The van der Waals surface area contributed by atoms with E-state index in [0.717, 1.165) is 26.9 Å². The summed E-state index contributed by atoms with van der Waals surface area (Å²) in [5.41, 5.74) is 9.65. The maximum atomic E-state index is 5.66. The van der Waals surface area contributed by atoms with E-state index in [-0.39, 0.29) is 0 Å². The summed E-state index contributed by atoms with van der Waals surface area (Å²) in [6.45, 7) is 0. The first-order valence-electron chi connectivity index (χ1n) is 6.35. The highest BCUT2D eigenvalue weighted by Crippen LogP contribution is 2.23. The molecule has 0 bridgehead atoms. The molecular formula is C16H12BrN3S. The number of benzene rings is 2. The first kappa shape index (κ1) is 14.0. The summed E-state index contributed by atoms with van der Waals surface area (Å²) < 4.78 is 2.69. The van der Waals surface area contributed by atoms with Crippen molar-refractivity contribution in [1.29, 1.82) is 0 Å². The van der Waals surface area contributed by atoms with Crippen LogP contribution in [0.15, 0.2) is 65.4 Å². The topological polar surface area (TPSA) is 43.8 Å². The van der Waals surface area contributed by atoms with Crippen molar-refractivity contribution in [2.45, 2.75) is 0 Å². The fourth-order valence-electron chi connectivity index (χ4n) is 2.09. The van der Waals surface area contributed by atoms with Gasteiger partial charge in [-0.15, -0.1) is 0 Å². The molecule has 5 heteroatoms. The maximum Gasteiger partial charge on any atom is 0.105 e. The Labute approximate surface area is 136 Å². The van der Waals surface area contributed by atoms with E-state index in [1.807, 2.05) is 53.5 Å². The fraction of sp³-hybridized carbons (Fsp3) is 0. The Hall–Kier alpha value is -1.98. The smallest absolute Gasteiger partial charge is 0.105 e. The minimum atomic E-state index is 0.374. The van der Waals surface area contributed by atoms with Gasteiger partial charge in [-0.2, -0.15) is 5.10 Å². The number of hydrogen-bond donors (Lipinski definition) is 1. The molecule has 0 aliphatic heterocycles. The fourth-order valence-corrected chi connectivity index (χ4v) is 2.98. The molecule has 0 saturated heterocycles. The number of nitrogens with zero attached hydrogens (tertiary/aromatic N) is 2. The molecule has 3 nitrogen and oxygen atoms in total.